The van der Waals surface area contributed by atoms with Crippen LogP contribution in [0.15, 0.2) is 52.2 Å². The number of nitrogens with one attached hydrogen (secondary N) is 1. The fraction of sp³-hybridized carbons (Fsp3) is 0.308. The van der Waals surface area contributed by atoms with Gasteiger partial charge in [0, 0.05) is 21.1 Å². The summed E-state index contributed by atoms with van der Waals surface area (Å²) < 4.78 is 11.5. The van der Waals surface area contributed by atoms with E-state index in [0.29, 0.717) is 40.4 Å². The maximum absolute atomic E-state index is 13.0. The third-order valence-corrected chi connectivity index (χ3v) is 8.42. The topological polar surface area (TPSA) is 64.2 Å². The molecule has 4 aromatic rings. The molecule has 34 heavy (non-hydrogen) atoms. The molecular weight excluding hydrogens is 488 g/mol. The number of hydrogen-bond donors (Lipinski definition) is 1. The highest BCUT2D eigenvalue weighted by Crippen LogP contribution is 2.40. The van der Waals surface area contributed by atoms with Crippen molar-refractivity contribution in [2.24, 2.45) is 5.92 Å². The molecule has 0 amide bonds. The van der Waals surface area contributed by atoms with Crippen molar-refractivity contribution in [3.8, 4) is 22.9 Å². The molecule has 2 aromatic carbocycles. The van der Waals surface area contributed by atoms with E-state index in [9.17, 15) is 4.79 Å². The number of hydrogen-bond acceptors (Lipinski definition) is 6. The molecule has 1 unspecified atom stereocenters. The number of aryl methyl sites for hydroxylation is 1. The minimum atomic E-state index is -0.0968. The number of benzene rings is 2. The summed E-state index contributed by atoms with van der Waals surface area (Å²) in [6.07, 6.45) is 3.06. The molecule has 2 aromatic heterocycles. The lowest BCUT2D eigenvalue weighted by Crippen LogP contribution is -2.13. The van der Waals surface area contributed by atoms with E-state index in [1.54, 1.807) is 36.3 Å². The van der Waals surface area contributed by atoms with Gasteiger partial charge in [0.25, 0.3) is 5.56 Å². The van der Waals surface area contributed by atoms with Crippen LogP contribution < -0.4 is 15.0 Å². The second-order valence-corrected chi connectivity index (χ2v) is 11.1. The van der Waals surface area contributed by atoms with E-state index in [-0.39, 0.29) is 5.56 Å². The first-order chi connectivity index (χ1) is 16.5. The summed E-state index contributed by atoms with van der Waals surface area (Å²) in [6.45, 7) is 2.74. The molecule has 5 nitrogen and oxygen atoms in total. The van der Waals surface area contributed by atoms with Gasteiger partial charge in [0.1, 0.15) is 10.7 Å². The van der Waals surface area contributed by atoms with Crippen molar-refractivity contribution in [3.05, 3.63) is 68.3 Å². The molecule has 0 saturated carbocycles. The lowest BCUT2D eigenvalue weighted by Gasteiger charge is -2.17. The number of halogens is 1. The first kappa shape index (κ1) is 23.3. The summed E-state index contributed by atoms with van der Waals surface area (Å²) in [5.74, 6) is 2.90. The second kappa shape index (κ2) is 10.0. The van der Waals surface area contributed by atoms with Crippen LogP contribution in [0.25, 0.3) is 21.6 Å². The fourth-order valence-corrected chi connectivity index (χ4v) is 6.70. The van der Waals surface area contributed by atoms with E-state index in [0.717, 1.165) is 35.2 Å². The number of aromatic nitrogens is 2. The molecule has 5 rings (SSSR count). The van der Waals surface area contributed by atoms with Gasteiger partial charge >= 0.3 is 0 Å². The monoisotopic (exact) mass is 512 g/mol. The number of aromatic amines is 1. The van der Waals surface area contributed by atoms with Gasteiger partial charge in [-0.15, -0.1) is 23.1 Å². The van der Waals surface area contributed by atoms with Crippen molar-refractivity contribution in [1.82, 2.24) is 9.97 Å². The molecule has 0 radical (unpaired) electrons. The first-order valence-corrected chi connectivity index (χ1v) is 13.4. The zero-order valence-corrected chi connectivity index (χ0v) is 21.4. The highest BCUT2D eigenvalue weighted by Gasteiger charge is 2.23. The van der Waals surface area contributed by atoms with Crippen LogP contribution in [0.5, 0.6) is 11.5 Å². The molecule has 8 heteroatoms. The highest BCUT2D eigenvalue weighted by molar-refractivity contribution is 7.99. The quantitative estimate of drug-likeness (QED) is 0.223. The molecule has 176 valence electrons. The zero-order valence-electron chi connectivity index (χ0n) is 19.0. The van der Waals surface area contributed by atoms with Gasteiger partial charge in [0.2, 0.25) is 0 Å². The summed E-state index contributed by atoms with van der Waals surface area (Å²) in [5.41, 5.74) is 1.76. The minimum Gasteiger partial charge on any atom is -0.493 e. The Morgan fingerprint density at radius 3 is 2.88 bits per heavy atom. The summed E-state index contributed by atoms with van der Waals surface area (Å²) in [6, 6.07) is 13.8. The third-order valence-electron chi connectivity index (χ3n) is 6.01. The van der Waals surface area contributed by atoms with Gasteiger partial charge in [-0.1, -0.05) is 36.7 Å². The average Bonchev–Trinajstić information content (AvgIpc) is 3.20. The van der Waals surface area contributed by atoms with Crippen LogP contribution in [0.1, 0.15) is 23.8 Å². The number of rotatable bonds is 7. The first-order valence-electron chi connectivity index (χ1n) is 11.3. The SMILES string of the molecule is COc1cc(-c2nc3sc4c(c3c(=O)[nH]2)CCC(C)C4)cc(Cl)c1OCCSc1ccccc1. The molecule has 1 N–H and O–H groups in total. The van der Waals surface area contributed by atoms with Gasteiger partial charge in [0.15, 0.2) is 11.5 Å². The van der Waals surface area contributed by atoms with Crippen LogP contribution in [-0.2, 0) is 12.8 Å². The van der Waals surface area contributed by atoms with Gasteiger partial charge < -0.3 is 14.5 Å². The molecule has 1 aliphatic carbocycles. The summed E-state index contributed by atoms with van der Waals surface area (Å²) in [4.78, 5) is 24.0. The van der Waals surface area contributed by atoms with Gasteiger partial charge in [0.05, 0.1) is 24.1 Å². The largest absolute Gasteiger partial charge is 0.493 e. The van der Waals surface area contributed by atoms with Crippen molar-refractivity contribution in [1.29, 1.82) is 0 Å². The van der Waals surface area contributed by atoms with E-state index in [2.05, 4.69) is 24.0 Å². The normalized spacial score (nSPS) is 15.3. The maximum atomic E-state index is 13.0. The van der Waals surface area contributed by atoms with Crippen LogP contribution in [-0.4, -0.2) is 29.4 Å². The Bertz CT molecular complexity index is 1380. The molecule has 0 spiro atoms. The molecule has 1 aliphatic rings. The molecule has 0 fully saturated rings. The number of methoxy groups -OCH3 is 1. The van der Waals surface area contributed by atoms with Crippen molar-refractivity contribution in [2.45, 2.75) is 31.1 Å². The van der Waals surface area contributed by atoms with E-state index >= 15 is 0 Å². The molecule has 0 bridgehead atoms. The lowest BCUT2D eigenvalue weighted by molar-refractivity contribution is 0.314. The smallest absolute Gasteiger partial charge is 0.260 e. The van der Waals surface area contributed by atoms with Gasteiger partial charge in [-0.2, -0.15) is 0 Å². The van der Waals surface area contributed by atoms with Crippen molar-refractivity contribution >= 4 is 44.9 Å². The van der Waals surface area contributed by atoms with Crippen LogP contribution in [0.2, 0.25) is 5.02 Å². The summed E-state index contributed by atoms with van der Waals surface area (Å²) >= 11 is 9.94. The Morgan fingerprint density at radius 2 is 2.09 bits per heavy atom. The third kappa shape index (κ3) is 4.69. The van der Waals surface area contributed by atoms with Crippen LogP contribution in [0.3, 0.4) is 0 Å². The molecule has 0 saturated heterocycles. The van der Waals surface area contributed by atoms with Crippen molar-refractivity contribution in [3.63, 3.8) is 0 Å². The number of nitrogens with zero attached hydrogens (tertiary/aromatic N) is 1. The van der Waals surface area contributed by atoms with Crippen molar-refractivity contribution in [2.75, 3.05) is 19.5 Å². The standard InChI is InChI=1S/C26H25ClN2O3S2/c1-15-8-9-18-21(12-15)34-26-22(18)25(30)28-24(29-26)16-13-19(27)23(20(14-16)31-2)32-10-11-33-17-6-4-3-5-7-17/h3-7,13-15H,8-12H2,1-2H3,(H,28,29,30). The van der Waals surface area contributed by atoms with E-state index in [1.807, 2.05) is 24.3 Å². The molecule has 1 atom stereocenters. The lowest BCUT2D eigenvalue weighted by atomic mass is 9.89. The Hall–Kier alpha value is -2.48. The van der Waals surface area contributed by atoms with Crippen molar-refractivity contribution < 1.29 is 9.47 Å². The van der Waals surface area contributed by atoms with Gasteiger partial charge in [-0.3, -0.25) is 4.79 Å². The number of ether oxygens (including phenoxy) is 2. The zero-order chi connectivity index (χ0) is 23.7. The minimum absolute atomic E-state index is 0.0968. The Kier molecular flexibility index (Phi) is 6.86. The Labute approximate surface area is 211 Å². The van der Waals surface area contributed by atoms with Crippen LogP contribution in [0, 0.1) is 5.92 Å². The molecule has 0 aliphatic heterocycles. The van der Waals surface area contributed by atoms with Crippen LogP contribution >= 0.6 is 34.7 Å². The maximum Gasteiger partial charge on any atom is 0.260 e. The fourth-order valence-electron chi connectivity index (χ4n) is 4.30. The number of thiophene rings is 1. The number of fused-ring (bicyclic) bond motifs is 3. The molecular formula is C26H25ClN2O3S2. The van der Waals surface area contributed by atoms with E-state index < -0.39 is 0 Å². The highest BCUT2D eigenvalue weighted by atomic mass is 35.5. The Balaban J connectivity index is 1.40. The predicted octanol–water partition coefficient (Wildman–Crippen LogP) is 6.61. The molecule has 2 heterocycles. The van der Waals surface area contributed by atoms with E-state index in [4.69, 9.17) is 26.1 Å². The predicted molar refractivity (Wildman–Crippen MR) is 141 cm³/mol. The number of H-pyrrole nitrogens is 1. The summed E-state index contributed by atoms with van der Waals surface area (Å²) in [5, 5.41) is 1.16. The summed E-state index contributed by atoms with van der Waals surface area (Å²) in [7, 11) is 1.58. The average molecular weight is 513 g/mol. The number of thioether (sulfide) groups is 1. The van der Waals surface area contributed by atoms with Gasteiger partial charge in [-0.25, -0.2) is 4.98 Å². The van der Waals surface area contributed by atoms with Crippen LogP contribution in [0.4, 0.5) is 0 Å². The van der Waals surface area contributed by atoms with Gasteiger partial charge in [-0.05, 0) is 55.0 Å². The second-order valence-electron chi connectivity index (χ2n) is 8.45. The Morgan fingerprint density at radius 1 is 1.26 bits per heavy atom. The van der Waals surface area contributed by atoms with E-state index in [1.165, 1.54) is 15.3 Å².